The second kappa shape index (κ2) is 2040. The van der Waals surface area contributed by atoms with Crippen LogP contribution in [0.15, 0.2) is 0 Å². The first-order chi connectivity index (χ1) is 0. The third-order valence-corrected chi connectivity index (χ3v) is 0. The van der Waals surface area contributed by atoms with Crippen LogP contribution in [0.3, 0.4) is 0 Å². The molecule has 0 aliphatic heterocycles. The highest BCUT2D eigenvalue weighted by Crippen LogP contribution is 0.420. The molecule has 0 amide bonds. The fourth-order valence-electron chi connectivity index (χ4n) is 0. The van der Waals surface area contributed by atoms with Crippen molar-refractivity contribution in [1.29, 1.82) is 0 Å². The minimum atomic E-state index is 0. The Labute approximate surface area is 64.4 Å². The number of halogens is 1. The van der Waals surface area contributed by atoms with Crippen LogP contribution in [-0.4, -0.2) is 58.9 Å². The summed E-state index contributed by atoms with van der Waals surface area (Å²) >= 11 is 0. The van der Waals surface area contributed by atoms with E-state index >= 15 is 0 Å². The van der Waals surface area contributed by atoms with Crippen molar-refractivity contribution < 1.29 is 4.70 Å². The standard InChI is InChI=1S/7B.FH/h;;;;;;;1H. The van der Waals surface area contributed by atoms with Gasteiger partial charge in [-0.3, -0.25) is 4.70 Å². The second-order valence-electron chi connectivity index (χ2n) is 0. The highest BCUT2D eigenvalue weighted by Gasteiger charge is 0.00603. The van der Waals surface area contributed by atoms with Crippen LogP contribution < -0.4 is 0 Å². The maximum Gasteiger partial charge on any atom is 0 e. The van der Waals surface area contributed by atoms with Gasteiger partial charge in [-0.15, -0.1) is 0 Å². The molecular weight excluding hydrogens is 94.7 g/mol. The Morgan fingerprint density at radius 1 is 0.250 bits per heavy atom. The Hall–Kier alpha value is 0.385. The molecule has 0 aromatic carbocycles. The van der Waals surface area contributed by atoms with E-state index in [-0.39, 0.29) is 63.6 Å². The summed E-state index contributed by atoms with van der Waals surface area (Å²) in [5.41, 5.74) is 0. The van der Waals surface area contributed by atoms with Gasteiger partial charge in [0.05, 0.1) is 0 Å². The van der Waals surface area contributed by atoms with Crippen molar-refractivity contribution in [1.82, 2.24) is 0 Å². The summed E-state index contributed by atoms with van der Waals surface area (Å²) in [6, 6.07) is 0. The summed E-state index contributed by atoms with van der Waals surface area (Å²) in [5.74, 6) is 0. The monoisotopic (exact) mass is 97.1 g/mol. The largest absolute Gasteiger partial charge is 0.269 e. The van der Waals surface area contributed by atoms with Gasteiger partial charge in [-0.1, -0.05) is 0 Å². The van der Waals surface area contributed by atoms with Gasteiger partial charge in [-0.2, -0.15) is 0 Å². The van der Waals surface area contributed by atoms with E-state index in [2.05, 4.69) is 0 Å². The molecule has 0 nitrogen and oxygen atoms in total. The molecule has 0 fully saturated rings. The van der Waals surface area contributed by atoms with Gasteiger partial charge in [0.1, 0.15) is 0 Å². The zero-order valence-electron chi connectivity index (χ0n) is 4.45. The Balaban J connectivity index is 0. The van der Waals surface area contributed by atoms with Crippen molar-refractivity contribution in [2.75, 3.05) is 0 Å². The van der Waals surface area contributed by atoms with Gasteiger partial charge in [-0.05, 0) is 0 Å². The lowest BCUT2D eigenvalue weighted by atomic mass is 10.8. The number of hydrogen-bond acceptors (Lipinski definition) is 0. The molecule has 0 aromatic heterocycles. The first-order valence-electron chi connectivity index (χ1n) is 0. The van der Waals surface area contributed by atoms with Crippen LogP contribution in [-0.2, 0) is 0 Å². The van der Waals surface area contributed by atoms with Crippen molar-refractivity contribution in [2.24, 2.45) is 0 Å². The highest BCUT2D eigenvalue weighted by molar-refractivity contribution is 5.76. The summed E-state index contributed by atoms with van der Waals surface area (Å²) in [6.07, 6.45) is 0. The van der Waals surface area contributed by atoms with Gasteiger partial charge in [0.2, 0.25) is 0 Å². The van der Waals surface area contributed by atoms with Crippen LogP contribution in [0, 0.1) is 0 Å². The fourth-order valence-corrected chi connectivity index (χ4v) is 0. The number of rotatable bonds is 0. The third-order valence-electron chi connectivity index (χ3n) is 0. The minimum Gasteiger partial charge on any atom is -0.269 e. The summed E-state index contributed by atoms with van der Waals surface area (Å²) in [6.45, 7) is 0. The molecular formula is HB7F. The van der Waals surface area contributed by atoms with Crippen molar-refractivity contribution in [3.8, 4) is 0 Å². The normalized spacial score (nSPS) is 0. The maximum atomic E-state index is 0. The van der Waals surface area contributed by atoms with Crippen molar-refractivity contribution in [3.63, 3.8) is 0 Å². The first-order valence-corrected chi connectivity index (χ1v) is 0. The van der Waals surface area contributed by atoms with Crippen molar-refractivity contribution >= 4 is 58.9 Å². The van der Waals surface area contributed by atoms with E-state index in [9.17, 15) is 0 Å². The van der Waals surface area contributed by atoms with Crippen LogP contribution in [0.25, 0.3) is 0 Å². The molecule has 0 saturated carbocycles. The van der Waals surface area contributed by atoms with Gasteiger partial charge < -0.3 is 0 Å². The Bertz CT molecular complexity index is 4.35. The van der Waals surface area contributed by atoms with Crippen LogP contribution in [0.1, 0.15) is 0 Å². The summed E-state index contributed by atoms with van der Waals surface area (Å²) in [7, 11) is 0. The molecule has 8 heteroatoms. The van der Waals surface area contributed by atoms with Gasteiger partial charge >= 0.3 is 0 Å². The smallest absolute Gasteiger partial charge is 0 e. The molecule has 0 atom stereocenters. The van der Waals surface area contributed by atoms with Crippen LogP contribution in [0.5, 0.6) is 0 Å². The lowest BCUT2D eigenvalue weighted by Crippen LogP contribution is -0.382. The molecule has 0 heterocycles. The van der Waals surface area contributed by atoms with Crippen LogP contribution >= 0.6 is 0 Å². The average Bonchev–Trinajstić information content (AvgIpc) is 0. The summed E-state index contributed by atoms with van der Waals surface area (Å²) in [4.78, 5) is 0. The minimum absolute atomic E-state index is 0. The summed E-state index contributed by atoms with van der Waals surface area (Å²) in [5, 5.41) is 0. The van der Waals surface area contributed by atoms with Crippen LogP contribution in [0.4, 0.5) is 4.70 Å². The van der Waals surface area contributed by atoms with Gasteiger partial charge in [0.25, 0.3) is 0 Å². The summed E-state index contributed by atoms with van der Waals surface area (Å²) < 4.78 is 0. The topological polar surface area (TPSA) is 0 Å². The Morgan fingerprint density at radius 2 is 0.250 bits per heavy atom. The van der Waals surface area contributed by atoms with E-state index in [4.69, 9.17) is 0 Å². The average molecular weight is 95.7 g/mol. The van der Waals surface area contributed by atoms with Crippen LogP contribution in [0.2, 0.25) is 0 Å². The molecule has 0 unspecified atom stereocenters. The van der Waals surface area contributed by atoms with E-state index in [0.29, 0.717) is 0 Å². The van der Waals surface area contributed by atoms with E-state index < -0.39 is 0 Å². The quantitative estimate of drug-likeness (QED) is 0.292. The van der Waals surface area contributed by atoms with Crippen molar-refractivity contribution in [3.05, 3.63) is 0 Å². The van der Waals surface area contributed by atoms with E-state index in [1.807, 2.05) is 0 Å². The molecule has 0 aromatic rings. The predicted molar refractivity (Wildman–Crippen MR) is 42.8 cm³/mol. The molecule has 8 heavy (non-hydrogen) atoms. The molecule has 0 rings (SSSR count). The molecule has 0 aliphatic carbocycles. The molecule has 0 aliphatic rings. The third kappa shape index (κ3) is 1250. The molecule has 0 bridgehead atoms. The molecule has 0 saturated heterocycles. The lowest BCUT2D eigenvalue weighted by molar-refractivity contribution is 1.11. The predicted octanol–water partition coefficient (Wildman–Crippen LogP) is -2.51. The SMILES string of the molecule is F.[B].[B].[B].[B].[B].[B].[B]. The van der Waals surface area contributed by atoms with Gasteiger partial charge in [0, 0.05) is 58.9 Å². The zero-order chi connectivity index (χ0) is 0. The fraction of sp³-hybridized carbons (Fsp3) is 0. The van der Waals surface area contributed by atoms with Crippen molar-refractivity contribution in [2.45, 2.75) is 0 Å². The van der Waals surface area contributed by atoms with Gasteiger partial charge in [0.15, 0.2) is 0 Å². The highest BCUT2D eigenvalue weighted by atomic mass is 19.0. The lowest BCUT2D eigenvalue weighted by Gasteiger charge is -0.269. The molecule has 21 radical (unpaired) electrons. The number of hydrogen-bond donors (Lipinski definition) is 0. The molecule has 0 N–H and O–H groups in total. The zero-order valence-corrected chi connectivity index (χ0v) is 4.45. The van der Waals surface area contributed by atoms with E-state index in [1.54, 1.807) is 0 Å². The van der Waals surface area contributed by atoms with E-state index in [0.717, 1.165) is 0 Å². The second-order valence-corrected chi connectivity index (χ2v) is 0. The van der Waals surface area contributed by atoms with E-state index in [1.165, 1.54) is 0 Å². The maximum absolute atomic E-state index is 0. The Kier molecular flexibility index (Phi) is 787000. The first kappa shape index (κ1) is 3090. The molecule has 29 valence electrons. The van der Waals surface area contributed by atoms with Gasteiger partial charge in [-0.25, -0.2) is 0 Å². The Morgan fingerprint density at radius 3 is 0.250 bits per heavy atom. The molecule has 0 spiro atoms.